The molecule has 0 aliphatic carbocycles. The lowest BCUT2D eigenvalue weighted by Crippen LogP contribution is -2.04. The Balaban J connectivity index is 1.86. The Labute approximate surface area is 140 Å². The van der Waals surface area contributed by atoms with Gasteiger partial charge in [-0.05, 0) is 26.0 Å². The van der Waals surface area contributed by atoms with Crippen LogP contribution in [0.1, 0.15) is 21.1 Å². The van der Waals surface area contributed by atoms with Crippen LogP contribution >= 0.6 is 22.7 Å². The van der Waals surface area contributed by atoms with Crippen LogP contribution in [-0.4, -0.2) is 21.0 Å². The van der Waals surface area contributed by atoms with Gasteiger partial charge >= 0.3 is 5.97 Å². The number of nitrogens with one attached hydrogen (secondary N) is 1. The molecule has 2 aromatic heterocycles. The first-order valence-electron chi connectivity index (χ1n) is 6.65. The van der Waals surface area contributed by atoms with Crippen LogP contribution in [-0.2, 0) is 0 Å². The first-order valence-corrected chi connectivity index (χ1v) is 8.35. The normalized spacial score (nSPS) is 10.7. The Morgan fingerprint density at radius 3 is 2.74 bits per heavy atom. The molecule has 0 unspecified atom stereocenters. The predicted octanol–water partition coefficient (Wildman–Crippen LogP) is 3.40. The molecule has 0 aliphatic heterocycles. The first kappa shape index (κ1) is 15.4. The number of thiazole rings is 2. The number of rotatable bonds is 4. The molecule has 0 saturated carbocycles. The topological polar surface area (TPSA) is 98.2 Å². The van der Waals surface area contributed by atoms with Crippen molar-refractivity contribution < 1.29 is 15.0 Å². The third kappa shape index (κ3) is 3.17. The highest BCUT2D eigenvalue weighted by Gasteiger charge is 2.12. The molecule has 23 heavy (non-hydrogen) atoms. The lowest BCUT2D eigenvalue weighted by molar-refractivity contribution is -0.268. The molecule has 3 rings (SSSR count). The fourth-order valence-corrected chi connectivity index (χ4v) is 3.78. The zero-order valence-corrected chi connectivity index (χ0v) is 13.9. The van der Waals surface area contributed by atoms with Crippen molar-refractivity contribution >= 4 is 39.5 Å². The van der Waals surface area contributed by atoms with E-state index >= 15 is 0 Å². The summed E-state index contributed by atoms with van der Waals surface area (Å²) in [6.45, 7) is 3.89. The number of anilines is 2. The molecule has 118 valence electrons. The maximum atomic E-state index is 11.5. The fourth-order valence-electron chi connectivity index (χ4n) is 2.10. The van der Waals surface area contributed by atoms with E-state index in [4.69, 9.17) is 5.11 Å². The van der Waals surface area contributed by atoms with Gasteiger partial charge in [0.1, 0.15) is 0 Å². The van der Waals surface area contributed by atoms with Gasteiger partial charge in [0.15, 0.2) is 5.13 Å². The molecular weight excluding hydrogens is 334 g/mol. The molecule has 0 amide bonds. The molecule has 1 aromatic carbocycles. The maximum Gasteiger partial charge on any atom is 0.335 e. The van der Waals surface area contributed by atoms with Crippen LogP contribution in [0.15, 0.2) is 23.6 Å². The van der Waals surface area contributed by atoms with Gasteiger partial charge in [0.05, 0.1) is 26.8 Å². The molecule has 0 bridgehead atoms. The van der Waals surface area contributed by atoms with Gasteiger partial charge in [0.25, 0.3) is 0 Å². The average molecular weight is 346 g/mol. The number of aromatic carboxylic acids is 1. The van der Waals surface area contributed by atoms with Crippen LogP contribution in [0.2, 0.25) is 0 Å². The second kappa shape index (κ2) is 5.98. The van der Waals surface area contributed by atoms with Crippen molar-refractivity contribution in [2.45, 2.75) is 13.8 Å². The summed E-state index contributed by atoms with van der Waals surface area (Å²) in [5.41, 5.74) is 2.02. The van der Waals surface area contributed by atoms with E-state index in [0.29, 0.717) is 10.8 Å². The zero-order chi connectivity index (χ0) is 16.6. The maximum absolute atomic E-state index is 11.5. The van der Waals surface area contributed by atoms with E-state index in [9.17, 15) is 9.90 Å². The minimum absolute atomic E-state index is 0.263. The summed E-state index contributed by atoms with van der Waals surface area (Å²) in [5, 5.41) is 27.0. The van der Waals surface area contributed by atoms with E-state index in [2.05, 4.69) is 15.3 Å². The number of aromatic nitrogens is 2. The average Bonchev–Trinajstić information content (AvgIpc) is 3.07. The molecular formula is C15H12N3O3S2-. The van der Waals surface area contributed by atoms with Crippen molar-refractivity contribution in [3.05, 3.63) is 39.8 Å². The highest BCUT2D eigenvalue weighted by atomic mass is 32.1. The number of nitrogens with zero attached hydrogens (tertiary/aromatic N) is 2. The smallest absolute Gasteiger partial charge is 0.335 e. The number of aryl methyl sites for hydroxylation is 2. The number of carbonyl (C=O) groups is 1. The Morgan fingerprint density at radius 2 is 2.09 bits per heavy atom. The van der Waals surface area contributed by atoms with Gasteiger partial charge in [-0.25, -0.2) is 14.8 Å². The number of hydrogen-bond donors (Lipinski definition) is 2. The van der Waals surface area contributed by atoms with Crippen molar-refractivity contribution in [1.82, 2.24) is 9.97 Å². The van der Waals surface area contributed by atoms with Crippen molar-refractivity contribution in [3.8, 4) is 16.3 Å². The van der Waals surface area contributed by atoms with Crippen LogP contribution < -0.4 is 10.4 Å². The predicted molar refractivity (Wildman–Crippen MR) is 88.8 cm³/mol. The fraction of sp³-hybridized carbons (Fsp3) is 0.133. The summed E-state index contributed by atoms with van der Waals surface area (Å²) in [6, 6.07) is 4.09. The summed E-state index contributed by atoms with van der Waals surface area (Å²) in [7, 11) is 0. The van der Waals surface area contributed by atoms with Gasteiger partial charge in [-0.1, -0.05) is 11.8 Å². The Hall–Kier alpha value is -2.45. The van der Waals surface area contributed by atoms with Gasteiger partial charge in [-0.3, -0.25) is 0 Å². The molecule has 0 aliphatic rings. The molecule has 8 heteroatoms. The monoisotopic (exact) mass is 346 g/mol. The highest BCUT2D eigenvalue weighted by molar-refractivity contribution is 7.16. The van der Waals surface area contributed by atoms with E-state index in [0.717, 1.165) is 21.3 Å². The second-order valence-electron chi connectivity index (χ2n) is 4.83. The minimum atomic E-state index is -1.24. The quantitative estimate of drug-likeness (QED) is 0.751. The third-order valence-electron chi connectivity index (χ3n) is 3.10. The third-order valence-corrected chi connectivity index (χ3v) is 4.95. The van der Waals surface area contributed by atoms with Gasteiger partial charge in [-0.15, -0.1) is 22.7 Å². The standard InChI is InChI=1S/C15H13N3O3S2/c1-7-13(23-8(2)16-7)11-6-22-15(18-11)17-9-3-4-12(19)10(5-9)14(20)21/h3-6,19H,1-2H3,(H,17,18)(H,20,21)/p-1. The SMILES string of the molecule is Cc1nc(C)c(-c2csc(Nc3ccc([O-])c(C(=O)O)c3)n2)s1. The van der Waals surface area contributed by atoms with Gasteiger partial charge in [-0.2, -0.15) is 0 Å². The minimum Gasteiger partial charge on any atom is -0.872 e. The van der Waals surface area contributed by atoms with E-state index in [1.807, 2.05) is 19.2 Å². The molecule has 0 fully saturated rings. The van der Waals surface area contributed by atoms with Gasteiger partial charge in [0.2, 0.25) is 0 Å². The molecule has 0 atom stereocenters. The van der Waals surface area contributed by atoms with Crippen molar-refractivity contribution in [1.29, 1.82) is 0 Å². The number of hydrogen-bond acceptors (Lipinski definition) is 7. The first-order chi connectivity index (χ1) is 10.9. The van der Waals surface area contributed by atoms with E-state index in [1.165, 1.54) is 29.5 Å². The van der Waals surface area contributed by atoms with Crippen molar-refractivity contribution in [2.75, 3.05) is 5.32 Å². The largest absolute Gasteiger partial charge is 0.872 e. The Morgan fingerprint density at radius 1 is 1.30 bits per heavy atom. The zero-order valence-electron chi connectivity index (χ0n) is 12.3. The molecule has 3 aromatic rings. The van der Waals surface area contributed by atoms with E-state index < -0.39 is 11.7 Å². The molecule has 0 spiro atoms. The molecule has 0 radical (unpaired) electrons. The Kier molecular flexibility index (Phi) is 4.01. The molecule has 0 saturated heterocycles. The van der Waals surface area contributed by atoms with Crippen LogP contribution in [0.4, 0.5) is 10.8 Å². The summed E-state index contributed by atoms with van der Waals surface area (Å²) in [4.78, 5) is 20.9. The van der Waals surface area contributed by atoms with Crippen molar-refractivity contribution in [2.24, 2.45) is 0 Å². The van der Waals surface area contributed by atoms with Crippen molar-refractivity contribution in [3.63, 3.8) is 0 Å². The number of carboxylic acids is 1. The van der Waals surface area contributed by atoms with Crippen LogP contribution in [0.25, 0.3) is 10.6 Å². The second-order valence-corrected chi connectivity index (χ2v) is 6.89. The molecule has 2 N–H and O–H groups in total. The van der Waals surface area contributed by atoms with E-state index in [1.54, 1.807) is 11.3 Å². The molecule has 2 heterocycles. The Bertz CT molecular complexity index is 886. The van der Waals surface area contributed by atoms with Gasteiger partial charge < -0.3 is 15.5 Å². The van der Waals surface area contributed by atoms with E-state index in [-0.39, 0.29) is 5.56 Å². The van der Waals surface area contributed by atoms with Crippen LogP contribution in [0, 0.1) is 13.8 Å². The highest BCUT2D eigenvalue weighted by Crippen LogP contribution is 2.33. The lowest BCUT2D eigenvalue weighted by atomic mass is 10.2. The summed E-state index contributed by atoms with van der Waals surface area (Å²) in [6.07, 6.45) is 0. The van der Waals surface area contributed by atoms with Crippen LogP contribution in [0.3, 0.4) is 0 Å². The summed E-state index contributed by atoms with van der Waals surface area (Å²) < 4.78 is 0. The summed E-state index contributed by atoms with van der Waals surface area (Å²) >= 11 is 2.99. The number of benzene rings is 1. The molecule has 6 nitrogen and oxygen atoms in total. The van der Waals surface area contributed by atoms with Gasteiger partial charge in [0, 0.05) is 11.1 Å². The summed E-state index contributed by atoms with van der Waals surface area (Å²) in [5.74, 6) is -1.76. The van der Waals surface area contributed by atoms with Crippen LogP contribution in [0.5, 0.6) is 5.75 Å². The lowest BCUT2D eigenvalue weighted by Gasteiger charge is -2.11. The number of carboxylic acid groups (broad SMARTS) is 1.